The summed E-state index contributed by atoms with van der Waals surface area (Å²) >= 11 is 0. The van der Waals surface area contributed by atoms with E-state index in [0.29, 0.717) is 12.0 Å². The summed E-state index contributed by atoms with van der Waals surface area (Å²) < 4.78 is 6.60. The van der Waals surface area contributed by atoms with Crippen molar-refractivity contribution in [3.05, 3.63) is 45.3 Å². The first-order valence-electron chi connectivity index (χ1n) is 5.96. The summed E-state index contributed by atoms with van der Waals surface area (Å²) in [6.07, 6.45) is 1.22. The Morgan fingerprint density at radius 1 is 1.58 bits per heavy atom. The Balaban J connectivity index is 2.35. The van der Waals surface area contributed by atoms with Crippen LogP contribution in [0, 0.1) is 0 Å². The normalized spacial score (nSPS) is 26.5. The van der Waals surface area contributed by atoms with E-state index in [1.807, 2.05) is 0 Å². The second-order valence-corrected chi connectivity index (χ2v) is 4.43. The molecule has 2 heterocycles. The maximum absolute atomic E-state index is 11.7. The van der Waals surface area contributed by atoms with Crippen molar-refractivity contribution in [2.24, 2.45) is 0 Å². The molecule has 1 fully saturated rings. The van der Waals surface area contributed by atoms with Crippen molar-refractivity contribution >= 4 is 0 Å². The van der Waals surface area contributed by atoms with E-state index in [9.17, 15) is 14.7 Å². The second-order valence-electron chi connectivity index (χ2n) is 4.43. The van der Waals surface area contributed by atoms with Crippen LogP contribution in [0.25, 0.3) is 0 Å². The molecule has 3 N–H and O–H groups in total. The zero-order valence-electron chi connectivity index (χ0n) is 10.3. The molecule has 2 rings (SSSR count). The van der Waals surface area contributed by atoms with E-state index in [0.717, 1.165) is 0 Å². The molecule has 19 heavy (non-hydrogen) atoms. The molecule has 0 amide bonds. The molecule has 1 aromatic heterocycles. The fraction of sp³-hybridized carbons (Fsp3) is 0.500. The van der Waals surface area contributed by atoms with E-state index in [1.54, 1.807) is 6.08 Å². The third kappa shape index (κ3) is 2.67. The largest absolute Gasteiger partial charge is 0.394 e. The van der Waals surface area contributed by atoms with Crippen molar-refractivity contribution in [3.63, 3.8) is 0 Å². The molecule has 0 aromatic carbocycles. The molecule has 1 aliphatic heterocycles. The number of hydrogen-bond donors (Lipinski definition) is 3. The van der Waals surface area contributed by atoms with Gasteiger partial charge in [0.1, 0.15) is 12.3 Å². The van der Waals surface area contributed by atoms with Gasteiger partial charge in [-0.15, -0.1) is 6.58 Å². The van der Waals surface area contributed by atoms with Crippen LogP contribution in [0.3, 0.4) is 0 Å². The smallest absolute Gasteiger partial charge is 0.330 e. The maximum Gasteiger partial charge on any atom is 0.330 e. The van der Waals surface area contributed by atoms with Gasteiger partial charge in [0.25, 0.3) is 5.56 Å². The topological polar surface area (TPSA) is 105 Å². The van der Waals surface area contributed by atoms with Gasteiger partial charge in [0.2, 0.25) is 0 Å². The monoisotopic (exact) mass is 268 g/mol. The molecule has 7 nitrogen and oxygen atoms in total. The molecule has 1 unspecified atom stereocenters. The van der Waals surface area contributed by atoms with E-state index in [2.05, 4.69) is 11.6 Å². The first kappa shape index (κ1) is 13.7. The molecular formula is C12H16N2O5. The molecule has 104 valence electrons. The molecule has 7 heteroatoms. The molecule has 0 spiro atoms. The highest BCUT2D eigenvalue weighted by Crippen LogP contribution is 2.27. The number of allylic oxidation sites excluding steroid dienone is 1. The summed E-state index contributed by atoms with van der Waals surface area (Å²) in [4.78, 5) is 25.5. The van der Waals surface area contributed by atoms with Crippen molar-refractivity contribution in [3.8, 4) is 0 Å². The quantitative estimate of drug-likeness (QED) is 0.602. The number of ether oxygens (including phenoxy) is 1. The van der Waals surface area contributed by atoms with Gasteiger partial charge in [-0.25, -0.2) is 4.79 Å². The average molecular weight is 268 g/mol. The molecule has 1 aromatic rings. The van der Waals surface area contributed by atoms with Crippen molar-refractivity contribution in [2.45, 2.75) is 31.3 Å². The van der Waals surface area contributed by atoms with Crippen LogP contribution in [-0.2, 0) is 11.2 Å². The van der Waals surface area contributed by atoms with Crippen molar-refractivity contribution in [1.82, 2.24) is 9.55 Å². The number of aliphatic hydroxyl groups excluding tert-OH is 2. The number of aromatic amines is 1. The maximum atomic E-state index is 11.7. The van der Waals surface area contributed by atoms with Crippen LogP contribution >= 0.6 is 0 Å². The lowest BCUT2D eigenvalue weighted by molar-refractivity contribution is -0.0459. The van der Waals surface area contributed by atoms with E-state index >= 15 is 0 Å². The Hall–Kier alpha value is -1.70. The lowest BCUT2D eigenvalue weighted by atomic mass is 10.2. The van der Waals surface area contributed by atoms with Crippen LogP contribution in [0.5, 0.6) is 0 Å². The third-order valence-electron chi connectivity index (χ3n) is 3.10. The van der Waals surface area contributed by atoms with Crippen LogP contribution in [0.1, 0.15) is 18.2 Å². The van der Waals surface area contributed by atoms with E-state index in [-0.39, 0.29) is 13.0 Å². The molecule has 0 saturated carbocycles. The van der Waals surface area contributed by atoms with Crippen LogP contribution in [0.2, 0.25) is 0 Å². The highest BCUT2D eigenvalue weighted by atomic mass is 16.5. The van der Waals surface area contributed by atoms with Gasteiger partial charge in [-0.3, -0.25) is 14.3 Å². The van der Waals surface area contributed by atoms with Crippen LogP contribution in [0.15, 0.2) is 28.4 Å². The highest BCUT2D eigenvalue weighted by Gasteiger charge is 2.35. The fourth-order valence-electron chi connectivity index (χ4n) is 2.09. The van der Waals surface area contributed by atoms with Crippen LogP contribution in [-0.4, -0.2) is 38.6 Å². The lowest BCUT2D eigenvalue weighted by Crippen LogP contribution is -2.34. The predicted octanol–water partition coefficient (Wildman–Crippen LogP) is -1.09. The summed E-state index contributed by atoms with van der Waals surface area (Å²) in [6.45, 7) is 3.22. The van der Waals surface area contributed by atoms with Gasteiger partial charge < -0.3 is 14.9 Å². The predicted molar refractivity (Wildman–Crippen MR) is 66.8 cm³/mol. The fourth-order valence-corrected chi connectivity index (χ4v) is 2.09. The number of rotatable bonds is 4. The van der Waals surface area contributed by atoms with Gasteiger partial charge in [0.05, 0.1) is 12.7 Å². The van der Waals surface area contributed by atoms with Gasteiger partial charge in [0.15, 0.2) is 0 Å². The summed E-state index contributed by atoms with van der Waals surface area (Å²) in [5.74, 6) is 0. The summed E-state index contributed by atoms with van der Waals surface area (Å²) in [5, 5.41) is 18.7. The Kier molecular flexibility index (Phi) is 3.98. The van der Waals surface area contributed by atoms with Crippen LogP contribution in [0.4, 0.5) is 0 Å². The van der Waals surface area contributed by atoms with E-state index in [4.69, 9.17) is 9.84 Å². The third-order valence-corrected chi connectivity index (χ3v) is 3.10. The number of nitrogens with one attached hydrogen (secondary N) is 1. The second kappa shape index (κ2) is 5.52. The van der Waals surface area contributed by atoms with E-state index < -0.39 is 29.7 Å². The van der Waals surface area contributed by atoms with Gasteiger partial charge in [0, 0.05) is 18.2 Å². The minimum Gasteiger partial charge on any atom is -0.394 e. The lowest BCUT2D eigenvalue weighted by Gasteiger charge is -2.15. The number of aliphatic hydroxyl groups is 2. The number of hydrogen-bond acceptors (Lipinski definition) is 5. The minimum absolute atomic E-state index is 0.185. The highest BCUT2D eigenvalue weighted by molar-refractivity contribution is 5.09. The molecular weight excluding hydrogens is 252 g/mol. The van der Waals surface area contributed by atoms with Gasteiger partial charge in [-0.05, 0) is 6.42 Å². The molecule has 1 saturated heterocycles. The standard InChI is InChI=1S/C12H16N2O5/c1-2-3-7-5-14(12(18)13-11(7)17)10-4-8(16)9(6-15)19-10/h2,5,8-10,15-16H,1,3-4,6H2,(H,13,17,18)/t8-,9+,10?/m0/s1. The van der Waals surface area contributed by atoms with Crippen LogP contribution < -0.4 is 11.2 Å². The molecule has 1 aliphatic rings. The SMILES string of the molecule is C=CCc1cn(C2C[C@H](O)[C@@H](CO)O2)c(=O)[nH]c1=O. The van der Waals surface area contributed by atoms with Gasteiger partial charge in [-0.2, -0.15) is 0 Å². The number of aromatic nitrogens is 2. The first-order valence-corrected chi connectivity index (χ1v) is 5.96. The molecule has 3 atom stereocenters. The van der Waals surface area contributed by atoms with Gasteiger partial charge >= 0.3 is 5.69 Å². The molecule has 0 aliphatic carbocycles. The molecule has 0 bridgehead atoms. The zero-order valence-corrected chi connectivity index (χ0v) is 10.3. The first-order chi connectivity index (χ1) is 9.06. The Morgan fingerprint density at radius 3 is 2.89 bits per heavy atom. The minimum atomic E-state index is -0.836. The average Bonchev–Trinajstić information content (AvgIpc) is 2.74. The summed E-state index contributed by atoms with van der Waals surface area (Å²) in [6, 6.07) is 0. The Labute approximate surface area is 108 Å². The van der Waals surface area contributed by atoms with E-state index in [1.165, 1.54) is 10.8 Å². The van der Waals surface area contributed by atoms with Crippen molar-refractivity contribution in [2.75, 3.05) is 6.61 Å². The van der Waals surface area contributed by atoms with Crippen molar-refractivity contribution in [1.29, 1.82) is 0 Å². The Morgan fingerprint density at radius 2 is 2.32 bits per heavy atom. The summed E-state index contributed by atoms with van der Waals surface area (Å²) in [5.41, 5.74) is -0.674. The Bertz CT molecular complexity index is 576. The summed E-state index contributed by atoms with van der Waals surface area (Å²) in [7, 11) is 0. The zero-order chi connectivity index (χ0) is 14.0. The van der Waals surface area contributed by atoms with Crippen molar-refractivity contribution < 1.29 is 14.9 Å². The number of H-pyrrole nitrogens is 1. The number of nitrogens with zero attached hydrogens (tertiary/aromatic N) is 1. The molecule has 0 radical (unpaired) electrons. The van der Waals surface area contributed by atoms with Gasteiger partial charge in [-0.1, -0.05) is 6.08 Å².